The van der Waals surface area contributed by atoms with E-state index in [0.29, 0.717) is 12.3 Å². The van der Waals surface area contributed by atoms with Gasteiger partial charge in [0.05, 0.1) is 17.8 Å². The van der Waals surface area contributed by atoms with Crippen LogP contribution in [-0.2, 0) is 6.42 Å². The van der Waals surface area contributed by atoms with Crippen LogP contribution in [0, 0.1) is 19.3 Å². The molecule has 0 atom stereocenters. The molecule has 0 bridgehead atoms. The number of ether oxygens (including phenoxy) is 1. The summed E-state index contributed by atoms with van der Waals surface area (Å²) in [6, 6.07) is 18.5. The number of benzene rings is 3. The van der Waals surface area contributed by atoms with Gasteiger partial charge in [-0.3, -0.25) is 0 Å². The van der Waals surface area contributed by atoms with Gasteiger partial charge in [0.25, 0.3) is 0 Å². The summed E-state index contributed by atoms with van der Waals surface area (Å²) in [5.41, 5.74) is 15.2. The van der Waals surface area contributed by atoms with Crippen molar-refractivity contribution in [3.63, 3.8) is 0 Å². The maximum absolute atomic E-state index is 7.60. The topological polar surface area (TPSA) is 84.9 Å². The van der Waals surface area contributed by atoms with E-state index in [0.717, 1.165) is 64.1 Å². The Balaban J connectivity index is 1.45. The van der Waals surface area contributed by atoms with Crippen LogP contribution in [0.4, 0.5) is 5.69 Å². The lowest BCUT2D eigenvalue weighted by molar-refractivity contribution is 0.312. The average Bonchev–Trinajstić information content (AvgIpc) is 2.81. The first-order valence-electron chi connectivity index (χ1n) is 11.6. The molecule has 5 nitrogen and oxygen atoms in total. The number of anilines is 1. The number of aromatic nitrogens is 2. The number of nitrogen functional groups attached to an aromatic ring is 1. The largest absolute Gasteiger partial charge is 0.493 e. The van der Waals surface area contributed by atoms with Crippen molar-refractivity contribution in [2.24, 2.45) is 0 Å². The smallest absolute Gasteiger partial charge is 0.126 e. The van der Waals surface area contributed by atoms with Crippen molar-refractivity contribution in [3.05, 3.63) is 88.4 Å². The van der Waals surface area contributed by atoms with Gasteiger partial charge in [0.2, 0.25) is 0 Å². The maximum atomic E-state index is 7.60. The summed E-state index contributed by atoms with van der Waals surface area (Å²) in [6.45, 7) is 4.67. The van der Waals surface area contributed by atoms with E-state index in [-0.39, 0.29) is 0 Å². The molecule has 34 heavy (non-hydrogen) atoms. The lowest BCUT2D eigenvalue weighted by Crippen LogP contribution is -2.07. The fourth-order valence-corrected chi connectivity index (χ4v) is 4.52. The molecular formula is C29H28N4O. The molecule has 1 aromatic heterocycles. The van der Waals surface area contributed by atoms with E-state index in [1.54, 1.807) is 0 Å². The van der Waals surface area contributed by atoms with Crippen LogP contribution in [0.5, 0.6) is 5.75 Å². The van der Waals surface area contributed by atoms with E-state index >= 15 is 0 Å². The highest BCUT2D eigenvalue weighted by molar-refractivity contribution is 5.88. The van der Waals surface area contributed by atoms with Crippen molar-refractivity contribution >= 4 is 28.9 Å². The number of hydrogen-bond donors (Lipinski definition) is 2. The molecule has 0 fully saturated rings. The Morgan fingerprint density at radius 1 is 0.912 bits per heavy atom. The molecule has 0 saturated carbocycles. The normalized spacial score (nSPS) is 14.8. The van der Waals surface area contributed by atoms with Gasteiger partial charge >= 0.3 is 0 Å². The fraction of sp³-hybridized carbons (Fsp3) is 0.207. The molecule has 0 spiro atoms. The Hall–Kier alpha value is -3.99. The summed E-state index contributed by atoms with van der Waals surface area (Å²) in [4.78, 5) is 9.37. The molecule has 0 aliphatic carbocycles. The van der Waals surface area contributed by atoms with Crippen molar-refractivity contribution in [1.82, 2.24) is 9.97 Å². The molecule has 5 heteroatoms. The minimum atomic E-state index is 0.616. The second-order valence-electron chi connectivity index (χ2n) is 8.89. The number of nitrogens with one attached hydrogen (secondary N) is 1. The summed E-state index contributed by atoms with van der Waals surface area (Å²) >= 11 is 0. The minimum absolute atomic E-state index is 0.616. The summed E-state index contributed by atoms with van der Waals surface area (Å²) in [5.74, 6) is 1.74. The molecule has 1 aliphatic heterocycles. The quantitative estimate of drug-likeness (QED) is 0.285. The van der Waals surface area contributed by atoms with Crippen LogP contribution in [-0.4, -0.2) is 22.8 Å². The van der Waals surface area contributed by atoms with E-state index < -0.39 is 0 Å². The summed E-state index contributed by atoms with van der Waals surface area (Å²) in [5, 5.41) is 8.68. The molecular weight excluding hydrogens is 420 g/mol. The summed E-state index contributed by atoms with van der Waals surface area (Å²) < 4.78 is 6.15. The van der Waals surface area contributed by atoms with E-state index in [1.165, 1.54) is 22.9 Å². The number of rotatable bonds is 3. The molecule has 4 aromatic rings. The lowest BCUT2D eigenvalue weighted by Gasteiger charge is -2.19. The minimum Gasteiger partial charge on any atom is -0.493 e. The Morgan fingerprint density at radius 2 is 1.74 bits per heavy atom. The second-order valence-corrected chi connectivity index (χ2v) is 8.89. The van der Waals surface area contributed by atoms with Crippen molar-refractivity contribution < 1.29 is 4.74 Å². The molecule has 0 saturated heterocycles. The van der Waals surface area contributed by atoms with E-state index in [4.69, 9.17) is 20.9 Å². The number of aryl methyl sites for hydroxylation is 3. The van der Waals surface area contributed by atoms with Gasteiger partial charge in [-0.1, -0.05) is 29.8 Å². The maximum Gasteiger partial charge on any atom is 0.126 e. The molecule has 0 unspecified atom stereocenters. The molecule has 170 valence electrons. The van der Waals surface area contributed by atoms with Crippen LogP contribution in [0.2, 0.25) is 0 Å². The van der Waals surface area contributed by atoms with Gasteiger partial charge in [0, 0.05) is 29.3 Å². The van der Waals surface area contributed by atoms with Gasteiger partial charge in [-0.2, -0.15) is 0 Å². The zero-order valence-electron chi connectivity index (χ0n) is 19.6. The molecule has 0 amide bonds. The number of nitrogens with zero attached hydrogens (tertiary/aromatic N) is 2. The van der Waals surface area contributed by atoms with Gasteiger partial charge in [-0.15, -0.1) is 0 Å². The van der Waals surface area contributed by atoms with Crippen LogP contribution in [0.25, 0.3) is 28.1 Å². The Kier molecular flexibility index (Phi) is 5.84. The molecule has 2 heterocycles. The van der Waals surface area contributed by atoms with E-state index in [2.05, 4.69) is 54.4 Å². The number of hydrogen-bond acceptors (Lipinski definition) is 5. The first-order chi connectivity index (χ1) is 16.5. The molecule has 1 aliphatic rings. The van der Waals surface area contributed by atoms with Gasteiger partial charge in [0.15, 0.2) is 0 Å². The lowest BCUT2D eigenvalue weighted by atomic mass is 9.95. The standard InChI is InChI=1S/C29H28N4O/c1-18-3-8-25-27(13-18)32-19(2)33-28(25)14-20-4-5-23-15-22(7-10-29(23)34-12-11-20)21-6-9-26(31)24(16-21)17-30/h3,6-10,13-17,30H,4-5,11-12,31H2,1-2H3/b20-14-,30-17?. The van der Waals surface area contributed by atoms with Crippen molar-refractivity contribution in [2.45, 2.75) is 33.1 Å². The van der Waals surface area contributed by atoms with Crippen molar-refractivity contribution in [3.8, 4) is 16.9 Å². The Morgan fingerprint density at radius 3 is 2.59 bits per heavy atom. The number of nitrogens with two attached hydrogens (primary N) is 1. The second kappa shape index (κ2) is 9.10. The van der Waals surface area contributed by atoms with Gasteiger partial charge in [-0.05, 0) is 85.4 Å². The van der Waals surface area contributed by atoms with Crippen LogP contribution in [0.3, 0.4) is 0 Å². The molecule has 3 aromatic carbocycles. The Bertz CT molecular complexity index is 1430. The SMILES string of the molecule is Cc1ccc2c(/C=C3\CCOc4ccc(-c5ccc(N)c(C=N)c5)cc4CC3)nc(C)nc2c1. The highest BCUT2D eigenvalue weighted by Gasteiger charge is 2.14. The highest BCUT2D eigenvalue weighted by atomic mass is 16.5. The van der Waals surface area contributed by atoms with Crippen LogP contribution >= 0.6 is 0 Å². The third-order valence-electron chi connectivity index (χ3n) is 6.37. The third-order valence-corrected chi connectivity index (χ3v) is 6.37. The molecule has 3 N–H and O–H groups in total. The van der Waals surface area contributed by atoms with E-state index in [1.807, 2.05) is 25.1 Å². The zero-order valence-corrected chi connectivity index (χ0v) is 19.6. The fourth-order valence-electron chi connectivity index (χ4n) is 4.52. The highest BCUT2D eigenvalue weighted by Crippen LogP contribution is 2.32. The van der Waals surface area contributed by atoms with Crippen LogP contribution in [0.1, 0.15) is 41.1 Å². The monoisotopic (exact) mass is 448 g/mol. The van der Waals surface area contributed by atoms with E-state index in [9.17, 15) is 0 Å². The predicted octanol–water partition coefficient (Wildman–Crippen LogP) is 6.29. The number of fused-ring (bicyclic) bond motifs is 2. The Labute approximate surface area is 199 Å². The summed E-state index contributed by atoms with van der Waals surface area (Å²) in [7, 11) is 0. The summed E-state index contributed by atoms with van der Waals surface area (Å²) in [6.07, 6.45) is 6.23. The first-order valence-corrected chi connectivity index (χ1v) is 11.6. The van der Waals surface area contributed by atoms with Gasteiger partial charge in [-0.25, -0.2) is 9.97 Å². The van der Waals surface area contributed by atoms with Gasteiger partial charge < -0.3 is 15.9 Å². The predicted molar refractivity (Wildman–Crippen MR) is 140 cm³/mol. The molecule has 5 rings (SSSR count). The van der Waals surface area contributed by atoms with Crippen LogP contribution in [0.15, 0.2) is 60.2 Å². The van der Waals surface area contributed by atoms with Crippen LogP contribution < -0.4 is 10.5 Å². The van der Waals surface area contributed by atoms with Gasteiger partial charge in [0.1, 0.15) is 11.6 Å². The first kappa shape index (κ1) is 21.8. The van der Waals surface area contributed by atoms with Crippen molar-refractivity contribution in [2.75, 3.05) is 12.3 Å². The zero-order chi connectivity index (χ0) is 23.7. The average molecular weight is 449 g/mol. The van der Waals surface area contributed by atoms with Crippen molar-refractivity contribution in [1.29, 1.82) is 5.41 Å². The molecule has 0 radical (unpaired) electrons. The third kappa shape index (κ3) is 4.42.